The van der Waals surface area contributed by atoms with Crippen molar-refractivity contribution in [2.45, 2.75) is 31.8 Å². The highest BCUT2D eigenvalue weighted by Gasteiger charge is 2.34. The van der Waals surface area contributed by atoms with Crippen molar-refractivity contribution in [2.75, 3.05) is 26.7 Å². The summed E-state index contributed by atoms with van der Waals surface area (Å²) in [6.45, 7) is 4.19. The lowest BCUT2D eigenvalue weighted by Gasteiger charge is -2.17. The minimum absolute atomic E-state index is 0.693. The molecule has 4 nitrogen and oxygen atoms in total. The SMILES string of the molecule is CN=C(NCc1ccccc1Cl)NCC1CCN(C2CC2)C1. The molecule has 0 radical (unpaired) electrons. The molecule has 22 heavy (non-hydrogen) atoms. The highest BCUT2D eigenvalue weighted by atomic mass is 35.5. The van der Waals surface area contributed by atoms with E-state index >= 15 is 0 Å². The summed E-state index contributed by atoms with van der Waals surface area (Å²) in [6.07, 6.45) is 4.10. The minimum Gasteiger partial charge on any atom is -0.356 e. The Kier molecular flexibility index (Phi) is 5.21. The summed E-state index contributed by atoms with van der Waals surface area (Å²) in [7, 11) is 1.81. The second-order valence-electron chi connectivity index (χ2n) is 6.28. The molecule has 1 aromatic carbocycles. The number of halogens is 1. The van der Waals surface area contributed by atoms with Gasteiger partial charge in [0, 0.05) is 37.7 Å². The zero-order valence-corrected chi connectivity index (χ0v) is 13.9. The average molecular weight is 321 g/mol. The van der Waals surface area contributed by atoms with E-state index in [0.717, 1.165) is 35.1 Å². The summed E-state index contributed by atoms with van der Waals surface area (Å²) in [5.41, 5.74) is 1.09. The molecule has 1 saturated heterocycles. The van der Waals surface area contributed by atoms with Crippen molar-refractivity contribution in [1.82, 2.24) is 15.5 Å². The molecule has 0 bridgehead atoms. The minimum atomic E-state index is 0.693. The number of benzene rings is 1. The monoisotopic (exact) mass is 320 g/mol. The molecule has 5 heteroatoms. The van der Waals surface area contributed by atoms with Crippen LogP contribution in [0.25, 0.3) is 0 Å². The Balaban J connectivity index is 1.41. The number of likely N-dealkylation sites (tertiary alicyclic amines) is 1. The van der Waals surface area contributed by atoms with Crippen LogP contribution in [0.1, 0.15) is 24.8 Å². The fraction of sp³-hybridized carbons (Fsp3) is 0.588. The van der Waals surface area contributed by atoms with E-state index in [4.69, 9.17) is 11.6 Å². The van der Waals surface area contributed by atoms with Gasteiger partial charge in [-0.1, -0.05) is 29.8 Å². The predicted molar refractivity (Wildman–Crippen MR) is 92.4 cm³/mol. The summed E-state index contributed by atoms with van der Waals surface area (Å²) in [6, 6.07) is 8.80. The lowest BCUT2D eigenvalue weighted by molar-refractivity contribution is 0.314. The molecule has 1 aliphatic heterocycles. The molecule has 3 rings (SSSR count). The van der Waals surface area contributed by atoms with Gasteiger partial charge in [0.05, 0.1) is 0 Å². The van der Waals surface area contributed by atoms with Gasteiger partial charge in [-0.15, -0.1) is 0 Å². The highest BCUT2D eigenvalue weighted by molar-refractivity contribution is 6.31. The van der Waals surface area contributed by atoms with Gasteiger partial charge < -0.3 is 15.5 Å². The van der Waals surface area contributed by atoms with Gasteiger partial charge in [-0.25, -0.2) is 0 Å². The first-order chi connectivity index (χ1) is 10.8. The Morgan fingerprint density at radius 1 is 1.27 bits per heavy atom. The van der Waals surface area contributed by atoms with Crippen molar-refractivity contribution in [1.29, 1.82) is 0 Å². The van der Waals surface area contributed by atoms with Gasteiger partial charge in [-0.05, 0) is 43.4 Å². The van der Waals surface area contributed by atoms with Gasteiger partial charge in [0.25, 0.3) is 0 Å². The molecule has 1 aliphatic carbocycles. The van der Waals surface area contributed by atoms with Gasteiger partial charge in [0.2, 0.25) is 0 Å². The van der Waals surface area contributed by atoms with Crippen LogP contribution in [-0.4, -0.2) is 43.6 Å². The number of nitrogens with zero attached hydrogens (tertiary/aromatic N) is 2. The summed E-state index contributed by atoms with van der Waals surface area (Å²) in [5.74, 6) is 1.59. The molecule has 1 unspecified atom stereocenters. The van der Waals surface area contributed by atoms with Crippen LogP contribution in [0.2, 0.25) is 5.02 Å². The van der Waals surface area contributed by atoms with Crippen LogP contribution in [0.5, 0.6) is 0 Å². The molecule has 0 amide bonds. The molecular formula is C17H25ClN4. The summed E-state index contributed by atoms with van der Waals surface area (Å²) < 4.78 is 0. The largest absolute Gasteiger partial charge is 0.356 e. The first kappa shape index (κ1) is 15.6. The van der Waals surface area contributed by atoms with Gasteiger partial charge in [-0.3, -0.25) is 4.99 Å². The standard InChI is InChI=1S/C17H25ClN4/c1-19-17(21-11-14-4-2-3-5-16(14)18)20-10-13-8-9-22(12-13)15-6-7-15/h2-5,13,15H,6-12H2,1H3,(H2,19,20,21). The molecule has 2 N–H and O–H groups in total. The van der Waals surface area contributed by atoms with Crippen molar-refractivity contribution in [3.63, 3.8) is 0 Å². The topological polar surface area (TPSA) is 39.7 Å². The third-order valence-corrected chi connectivity index (χ3v) is 4.94. The molecule has 1 saturated carbocycles. The van der Waals surface area contributed by atoms with Crippen LogP contribution < -0.4 is 10.6 Å². The second kappa shape index (κ2) is 7.34. The van der Waals surface area contributed by atoms with E-state index in [2.05, 4.69) is 20.5 Å². The normalized spacial score (nSPS) is 22.8. The van der Waals surface area contributed by atoms with Gasteiger partial charge in [0.15, 0.2) is 5.96 Å². The Labute approximate surface area is 137 Å². The molecule has 1 heterocycles. The first-order valence-electron chi connectivity index (χ1n) is 8.18. The molecule has 2 fully saturated rings. The fourth-order valence-electron chi connectivity index (χ4n) is 3.08. The number of aliphatic imine (C=N–C) groups is 1. The van der Waals surface area contributed by atoms with E-state index in [1.807, 2.05) is 31.3 Å². The molecule has 1 aromatic rings. The lowest BCUT2D eigenvalue weighted by Crippen LogP contribution is -2.40. The van der Waals surface area contributed by atoms with Crippen molar-refractivity contribution < 1.29 is 0 Å². The van der Waals surface area contributed by atoms with Crippen LogP contribution in [0.3, 0.4) is 0 Å². The highest BCUT2D eigenvalue weighted by Crippen LogP contribution is 2.31. The Morgan fingerprint density at radius 3 is 2.82 bits per heavy atom. The molecule has 2 aliphatic rings. The van der Waals surface area contributed by atoms with Gasteiger partial charge in [0.1, 0.15) is 0 Å². The maximum atomic E-state index is 6.18. The number of hydrogen-bond acceptors (Lipinski definition) is 2. The molecule has 120 valence electrons. The summed E-state index contributed by atoms with van der Waals surface area (Å²) in [5, 5.41) is 7.58. The maximum absolute atomic E-state index is 6.18. The number of hydrogen-bond donors (Lipinski definition) is 2. The number of guanidine groups is 1. The van der Waals surface area contributed by atoms with E-state index in [0.29, 0.717) is 6.54 Å². The average Bonchev–Trinajstić information content (AvgIpc) is 3.28. The van der Waals surface area contributed by atoms with Crippen molar-refractivity contribution in [3.05, 3.63) is 34.9 Å². The third kappa shape index (κ3) is 4.14. The zero-order valence-electron chi connectivity index (χ0n) is 13.2. The van der Waals surface area contributed by atoms with Crippen LogP contribution in [0, 0.1) is 5.92 Å². The Hall–Kier alpha value is -1.26. The van der Waals surface area contributed by atoms with Crippen LogP contribution >= 0.6 is 11.6 Å². The molecule has 0 spiro atoms. The van der Waals surface area contributed by atoms with Crippen LogP contribution in [-0.2, 0) is 6.54 Å². The van der Waals surface area contributed by atoms with E-state index in [-0.39, 0.29) is 0 Å². The maximum Gasteiger partial charge on any atom is 0.191 e. The van der Waals surface area contributed by atoms with E-state index in [1.165, 1.54) is 32.4 Å². The molecular weight excluding hydrogens is 296 g/mol. The molecule has 0 aromatic heterocycles. The van der Waals surface area contributed by atoms with E-state index in [9.17, 15) is 0 Å². The fourth-order valence-corrected chi connectivity index (χ4v) is 3.29. The first-order valence-corrected chi connectivity index (χ1v) is 8.56. The smallest absolute Gasteiger partial charge is 0.191 e. The van der Waals surface area contributed by atoms with Gasteiger partial charge >= 0.3 is 0 Å². The lowest BCUT2D eigenvalue weighted by atomic mass is 10.1. The van der Waals surface area contributed by atoms with E-state index in [1.54, 1.807) is 0 Å². The van der Waals surface area contributed by atoms with Crippen molar-refractivity contribution in [2.24, 2.45) is 10.9 Å². The van der Waals surface area contributed by atoms with Crippen molar-refractivity contribution >= 4 is 17.6 Å². The second-order valence-corrected chi connectivity index (χ2v) is 6.69. The summed E-state index contributed by atoms with van der Waals surface area (Å²) >= 11 is 6.18. The quantitative estimate of drug-likeness (QED) is 0.647. The van der Waals surface area contributed by atoms with Crippen LogP contribution in [0.15, 0.2) is 29.3 Å². The van der Waals surface area contributed by atoms with E-state index < -0.39 is 0 Å². The Morgan fingerprint density at radius 2 is 2.09 bits per heavy atom. The Bertz CT molecular complexity index is 527. The van der Waals surface area contributed by atoms with Crippen molar-refractivity contribution in [3.8, 4) is 0 Å². The third-order valence-electron chi connectivity index (χ3n) is 4.57. The van der Waals surface area contributed by atoms with Gasteiger partial charge in [-0.2, -0.15) is 0 Å². The molecule has 1 atom stereocenters. The number of rotatable bonds is 5. The zero-order chi connectivity index (χ0) is 15.4. The number of nitrogens with one attached hydrogen (secondary N) is 2. The van der Waals surface area contributed by atoms with Crippen LogP contribution in [0.4, 0.5) is 0 Å². The summed E-state index contributed by atoms with van der Waals surface area (Å²) in [4.78, 5) is 6.94. The predicted octanol–water partition coefficient (Wildman–Crippen LogP) is 2.49.